The van der Waals surface area contributed by atoms with E-state index in [0.29, 0.717) is 5.02 Å². The van der Waals surface area contributed by atoms with Crippen molar-refractivity contribution in [3.8, 4) is 11.3 Å². The van der Waals surface area contributed by atoms with Crippen LogP contribution < -0.4 is 10.8 Å². The number of aromatic nitrogens is 1. The summed E-state index contributed by atoms with van der Waals surface area (Å²) in [5.41, 5.74) is 6.96. The summed E-state index contributed by atoms with van der Waals surface area (Å²) in [7, 11) is 0. The predicted molar refractivity (Wildman–Crippen MR) is 120 cm³/mol. The molecule has 5 aromatic rings. The zero-order chi connectivity index (χ0) is 19.8. The van der Waals surface area contributed by atoms with E-state index in [4.69, 9.17) is 16.0 Å². The number of thiazole rings is 1. The van der Waals surface area contributed by atoms with Gasteiger partial charge in [-0.05, 0) is 37.3 Å². The van der Waals surface area contributed by atoms with E-state index < -0.39 is 0 Å². The molecule has 1 N–H and O–H groups in total. The highest BCUT2D eigenvalue weighted by Gasteiger charge is 2.08. The van der Waals surface area contributed by atoms with E-state index in [1.54, 1.807) is 11.3 Å². The summed E-state index contributed by atoms with van der Waals surface area (Å²) in [5, 5.41) is 7.57. The molecule has 29 heavy (non-hydrogen) atoms. The van der Waals surface area contributed by atoms with Crippen LogP contribution in [0.25, 0.3) is 32.5 Å². The van der Waals surface area contributed by atoms with Crippen LogP contribution in [0.4, 0.5) is 5.13 Å². The molecule has 0 saturated heterocycles. The molecule has 0 unspecified atom stereocenters. The first-order valence-electron chi connectivity index (χ1n) is 9.11. The van der Waals surface area contributed by atoms with Crippen LogP contribution in [-0.4, -0.2) is 4.98 Å². The first kappa shape index (κ1) is 17.9. The number of hydrogen-bond donors (Lipinski definition) is 1. The van der Waals surface area contributed by atoms with Gasteiger partial charge in [-0.1, -0.05) is 64.9 Å². The zero-order valence-electron chi connectivity index (χ0n) is 15.5. The van der Waals surface area contributed by atoms with Gasteiger partial charge in [0.2, 0.25) is 5.13 Å². The molecule has 0 bridgehead atoms. The number of nitrogens with one attached hydrogen (secondary N) is 1. The Morgan fingerprint density at radius 2 is 1.83 bits per heavy atom. The monoisotopic (exact) mass is 417 g/mol. The van der Waals surface area contributed by atoms with Crippen molar-refractivity contribution < 1.29 is 4.42 Å². The summed E-state index contributed by atoms with van der Waals surface area (Å²) in [4.78, 5) is 4.58. The van der Waals surface area contributed by atoms with Gasteiger partial charge in [-0.3, -0.25) is 5.43 Å². The minimum absolute atomic E-state index is 0.632. The number of fused-ring (bicyclic) bond motifs is 2. The van der Waals surface area contributed by atoms with E-state index in [2.05, 4.69) is 34.6 Å². The van der Waals surface area contributed by atoms with Gasteiger partial charge in [-0.25, -0.2) is 4.98 Å². The number of hydrogen-bond acceptors (Lipinski definition) is 5. The normalized spacial score (nSPS) is 12.0. The van der Waals surface area contributed by atoms with E-state index in [-0.39, 0.29) is 0 Å². The number of aryl methyl sites for hydroxylation is 1. The van der Waals surface area contributed by atoms with Crippen molar-refractivity contribution in [3.63, 3.8) is 0 Å². The van der Waals surface area contributed by atoms with E-state index in [1.807, 2.05) is 60.7 Å². The molecule has 142 valence electrons. The fraction of sp³-hybridized carbons (Fsp3) is 0.0435. The molecule has 0 radical (unpaired) electrons. The summed E-state index contributed by atoms with van der Waals surface area (Å²) in [6.07, 6.45) is 0. The van der Waals surface area contributed by atoms with Gasteiger partial charge in [0.15, 0.2) is 0 Å². The Kier molecular flexibility index (Phi) is 4.54. The number of anilines is 1. The lowest BCUT2D eigenvalue weighted by Crippen LogP contribution is -2.07. The van der Waals surface area contributed by atoms with Crippen molar-refractivity contribution in [1.29, 1.82) is 0 Å². The van der Waals surface area contributed by atoms with Crippen molar-refractivity contribution in [1.82, 2.24) is 4.98 Å². The molecule has 0 atom stereocenters. The summed E-state index contributed by atoms with van der Waals surface area (Å²) in [6, 6.07) is 23.7. The molecule has 4 nitrogen and oxygen atoms in total. The Hall–Kier alpha value is -3.15. The average molecular weight is 418 g/mol. The smallest absolute Gasteiger partial charge is 0.204 e. The number of para-hydroxylation sites is 1. The highest BCUT2D eigenvalue weighted by molar-refractivity contribution is 7.22. The lowest BCUT2D eigenvalue weighted by molar-refractivity contribution is 0.618. The third-order valence-corrected chi connectivity index (χ3v) is 5.78. The topological polar surface area (TPSA) is 50.4 Å². The molecule has 0 spiro atoms. The lowest BCUT2D eigenvalue weighted by atomic mass is 10.1. The van der Waals surface area contributed by atoms with Crippen molar-refractivity contribution in [2.75, 3.05) is 5.43 Å². The SMILES string of the molecule is Cc1ccc(-c2cc(=NNc3nc4ccccc4s3)c3cc(Cl)ccc3o2)cc1. The van der Waals surface area contributed by atoms with Crippen LogP contribution in [0, 0.1) is 6.92 Å². The maximum Gasteiger partial charge on any atom is 0.204 e. The second-order valence-electron chi connectivity index (χ2n) is 6.71. The fourth-order valence-corrected chi connectivity index (χ4v) is 4.10. The largest absolute Gasteiger partial charge is 0.456 e. The Morgan fingerprint density at radius 3 is 2.66 bits per heavy atom. The average Bonchev–Trinajstić information content (AvgIpc) is 3.15. The lowest BCUT2D eigenvalue weighted by Gasteiger charge is -2.06. The Balaban J connectivity index is 1.64. The molecule has 3 aromatic carbocycles. The molecule has 2 aromatic heterocycles. The van der Waals surface area contributed by atoms with Crippen LogP contribution in [0.15, 0.2) is 82.3 Å². The summed E-state index contributed by atoms with van der Waals surface area (Å²) >= 11 is 7.78. The molecule has 0 aliphatic carbocycles. The molecular formula is C23H16ClN3OS. The van der Waals surface area contributed by atoms with Gasteiger partial charge in [0.05, 0.1) is 15.6 Å². The van der Waals surface area contributed by atoms with Gasteiger partial charge in [-0.15, -0.1) is 0 Å². The Labute approximate surface area is 176 Å². The van der Waals surface area contributed by atoms with Gasteiger partial charge in [0, 0.05) is 22.0 Å². The van der Waals surface area contributed by atoms with Crippen LogP contribution >= 0.6 is 22.9 Å². The number of benzene rings is 3. The van der Waals surface area contributed by atoms with Crippen molar-refractivity contribution in [2.45, 2.75) is 6.92 Å². The maximum atomic E-state index is 6.22. The fourth-order valence-electron chi connectivity index (χ4n) is 3.12. The second-order valence-corrected chi connectivity index (χ2v) is 8.18. The first-order valence-corrected chi connectivity index (χ1v) is 10.3. The van der Waals surface area contributed by atoms with Crippen LogP contribution in [-0.2, 0) is 0 Å². The van der Waals surface area contributed by atoms with Gasteiger partial charge in [0.25, 0.3) is 0 Å². The minimum Gasteiger partial charge on any atom is -0.456 e. The molecule has 0 aliphatic heterocycles. The highest BCUT2D eigenvalue weighted by Crippen LogP contribution is 2.26. The van der Waals surface area contributed by atoms with Crippen LogP contribution in [0.3, 0.4) is 0 Å². The molecule has 6 heteroatoms. The van der Waals surface area contributed by atoms with E-state index in [1.165, 1.54) is 5.56 Å². The summed E-state index contributed by atoms with van der Waals surface area (Å²) in [5.74, 6) is 0.740. The van der Waals surface area contributed by atoms with Gasteiger partial charge in [-0.2, -0.15) is 5.10 Å². The zero-order valence-corrected chi connectivity index (χ0v) is 17.1. The van der Waals surface area contributed by atoms with Gasteiger partial charge >= 0.3 is 0 Å². The molecule has 0 fully saturated rings. The third-order valence-electron chi connectivity index (χ3n) is 4.61. The molecule has 5 rings (SSSR count). The molecule has 0 aliphatic rings. The predicted octanol–water partition coefficient (Wildman–Crippen LogP) is 6.60. The minimum atomic E-state index is 0.632. The summed E-state index contributed by atoms with van der Waals surface area (Å²) in [6.45, 7) is 2.06. The number of rotatable bonds is 3. The van der Waals surface area contributed by atoms with Crippen molar-refractivity contribution in [3.05, 3.63) is 88.7 Å². The van der Waals surface area contributed by atoms with Gasteiger partial charge in [0.1, 0.15) is 11.3 Å². The number of halogens is 1. The Bertz CT molecular complexity index is 1370. The summed E-state index contributed by atoms with van der Waals surface area (Å²) < 4.78 is 7.24. The van der Waals surface area contributed by atoms with Crippen LogP contribution in [0.1, 0.15) is 5.56 Å². The van der Waals surface area contributed by atoms with E-state index >= 15 is 0 Å². The third kappa shape index (κ3) is 3.62. The van der Waals surface area contributed by atoms with E-state index in [0.717, 1.165) is 43.0 Å². The van der Waals surface area contributed by atoms with Crippen molar-refractivity contribution in [2.24, 2.45) is 5.10 Å². The van der Waals surface area contributed by atoms with Gasteiger partial charge < -0.3 is 4.42 Å². The number of nitrogens with zero attached hydrogens (tertiary/aromatic N) is 2. The van der Waals surface area contributed by atoms with Crippen LogP contribution in [0.5, 0.6) is 0 Å². The first-order chi connectivity index (χ1) is 14.2. The van der Waals surface area contributed by atoms with Crippen LogP contribution in [0.2, 0.25) is 5.02 Å². The maximum absolute atomic E-state index is 6.22. The van der Waals surface area contributed by atoms with Crippen molar-refractivity contribution >= 4 is 49.3 Å². The standard InChI is InChI=1S/C23H16ClN3OS/c1-14-6-8-15(9-7-14)21-13-19(17-12-16(24)10-11-20(17)28-21)26-27-23-25-18-4-2-3-5-22(18)29-23/h2-13H,1H3,(H,25,27). The Morgan fingerprint density at radius 1 is 1.00 bits per heavy atom. The quantitative estimate of drug-likeness (QED) is 0.336. The highest BCUT2D eigenvalue weighted by atomic mass is 35.5. The van der Waals surface area contributed by atoms with E-state index in [9.17, 15) is 0 Å². The second kappa shape index (κ2) is 7.35. The molecular weight excluding hydrogens is 402 g/mol. The molecule has 0 amide bonds. The molecule has 2 heterocycles. The molecule has 0 saturated carbocycles.